The summed E-state index contributed by atoms with van der Waals surface area (Å²) in [4.78, 5) is 54.8. The summed E-state index contributed by atoms with van der Waals surface area (Å²) in [7, 11) is 0. The normalized spacial score (nSPS) is 14.9. The molecular weight excluding hydrogens is 530 g/mol. The Kier molecular flexibility index (Phi) is 11.2. The molecule has 10 nitrogen and oxygen atoms in total. The number of thiol groups is 1. The summed E-state index contributed by atoms with van der Waals surface area (Å²) in [5.41, 5.74) is 8.26. The number of rotatable bonds is 14. The molecule has 0 aliphatic rings. The van der Waals surface area contributed by atoms with Crippen molar-refractivity contribution in [2.45, 2.75) is 57.3 Å². The van der Waals surface area contributed by atoms with Gasteiger partial charge in [-0.3, -0.25) is 14.4 Å². The Morgan fingerprint density at radius 1 is 0.900 bits per heavy atom. The number of para-hydroxylation sites is 1. The SMILES string of the molecule is CCC(C)C(NC(=O)C(Cc1c[nH]c2ccccc12)NC(=O)C(Cc1ccccc1)NC(=O)C(N)CS)C(=O)O. The van der Waals surface area contributed by atoms with Crippen LogP contribution in [0.3, 0.4) is 0 Å². The van der Waals surface area contributed by atoms with Crippen LogP contribution in [-0.4, -0.2) is 63.7 Å². The minimum Gasteiger partial charge on any atom is -0.480 e. The number of carbonyl (C=O) groups excluding carboxylic acids is 3. The van der Waals surface area contributed by atoms with Crippen molar-refractivity contribution in [2.75, 3.05) is 5.75 Å². The second-order valence-electron chi connectivity index (χ2n) is 9.87. The van der Waals surface area contributed by atoms with Gasteiger partial charge in [0.15, 0.2) is 0 Å². The maximum atomic E-state index is 13.6. The van der Waals surface area contributed by atoms with Crippen LogP contribution in [0.5, 0.6) is 0 Å². The smallest absolute Gasteiger partial charge is 0.326 e. The Morgan fingerprint density at radius 2 is 1.50 bits per heavy atom. The van der Waals surface area contributed by atoms with E-state index in [1.54, 1.807) is 13.1 Å². The summed E-state index contributed by atoms with van der Waals surface area (Å²) in [6.45, 7) is 3.58. The first-order chi connectivity index (χ1) is 19.1. The van der Waals surface area contributed by atoms with Crippen LogP contribution in [0.15, 0.2) is 60.8 Å². The number of hydrogen-bond acceptors (Lipinski definition) is 6. The van der Waals surface area contributed by atoms with Crippen LogP contribution < -0.4 is 21.7 Å². The molecule has 3 amide bonds. The summed E-state index contributed by atoms with van der Waals surface area (Å²) in [5.74, 6) is -3.19. The van der Waals surface area contributed by atoms with E-state index in [4.69, 9.17) is 5.73 Å². The van der Waals surface area contributed by atoms with Gasteiger partial charge in [0.2, 0.25) is 17.7 Å². The Hall–Kier alpha value is -3.83. The molecule has 5 unspecified atom stereocenters. The van der Waals surface area contributed by atoms with Gasteiger partial charge in [-0.25, -0.2) is 4.79 Å². The first-order valence-corrected chi connectivity index (χ1v) is 13.9. The summed E-state index contributed by atoms with van der Waals surface area (Å²) < 4.78 is 0. The zero-order chi connectivity index (χ0) is 29.2. The lowest BCUT2D eigenvalue weighted by atomic mass is 9.97. The van der Waals surface area contributed by atoms with Gasteiger partial charge < -0.3 is 31.8 Å². The van der Waals surface area contributed by atoms with Gasteiger partial charge in [0.05, 0.1) is 6.04 Å². The lowest BCUT2D eigenvalue weighted by Crippen LogP contribution is -2.58. The average Bonchev–Trinajstić information content (AvgIpc) is 3.37. The van der Waals surface area contributed by atoms with Crippen molar-refractivity contribution in [2.24, 2.45) is 11.7 Å². The van der Waals surface area contributed by atoms with Crippen molar-refractivity contribution in [3.8, 4) is 0 Å². The number of aromatic amines is 1. The third kappa shape index (κ3) is 8.09. The zero-order valence-electron chi connectivity index (χ0n) is 22.6. The number of aromatic nitrogens is 1. The van der Waals surface area contributed by atoms with Gasteiger partial charge >= 0.3 is 5.97 Å². The number of carboxylic acids is 1. The van der Waals surface area contributed by atoms with E-state index in [0.717, 1.165) is 22.0 Å². The summed E-state index contributed by atoms with van der Waals surface area (Å²) in [5, 5.41) is 18.7. The highest BCUT2D eigenvalue weighted by Crippen LogP contribution is 2.20. The molecule has 0 aliphatic heterocycles. The lowest BCUT2D eigenvalue weighted by Gasteiger charge is -2.26. The van der Waals surface area contributed by atoms with E-state index in [9.17, 15) is 24.3 Å². The maximum Gasteiger partial charge on any atom is 0.326 e. The first kappa shape index (κ1) is 30.7. The molecule has 11 heteroatoms. The molecule has 7 N–H and O–H groups in total. The molecule has 0 fully saturated rings. The minimum atomic E-state index is -1.16. The molecule has 0 aliphatic carbocycles. The van der Waals surface area contributed by atoms with Crippen molar-refractivity contribution in [3.63, 3.8) is 0 Å². The van der Waals surface area contributed by atoms with Crippen LogP contribution in [0.25, 0.3) is 10.9 Å². The Morgan fingerprint density at radius 3 is 2.15 bits per heavy atom. The number of nitrogens with two attached hydrogens (primary N) is 1. The maximum absolute atomic E-state index is 13.6. The predicted octanol–water partition coefficient (Wildman–Crippen LogP) is 1.80. The molecule has 2 aromatic carbocycles. The number of benzene rings is 2. The highest BCUT2D eigenvalue weighted by molar-refractivity contribution is 7.80. The van der Waals surface area contributed by atoms with Crippen LogP contribution in [0.2, 0.25) is 0 Å². The molecule has 0 bridgehead atoms. The number of nitrogens with one attached hydrogen (secondary N) is 4. The monoisotopic (exact) mass is 567 g/mol. The second-order valence-corrected chi connectivity index (χ2v) is 10.2. The molecule has 1 aromatic heterocycles. The topological polar surface area (TPSA) is 166 Å². The average molecular weight is 568 g/mol. The Labute approximate surface area is 238 Å². The van der Waals surface area contributed by atoms with Gasteiger partial charge in [-0.05, 0) is 23.1 Å². The van der Waals surface area contributed by atoms with Crippen LogP contribution in [0.1, 0.15) is 31.4 Å². The number of hydrogen-bond donors (Lipinski definition) is 7. The summed E-state index contributed by atoms with van der Waals surface area (Å²) in [6.07, 6.45) is 2.54. The first-order valence-electron chi connectivity index (χ1n) is 13.2. The molecule has 0 saturated heterocycles. The molecule has 214 valence electrons. The third-order valence-corrected chi connectivity index (χ3v) is 7.35. The van der Waals surface area contributed by atoms with Gasteiger partial charge in [0, 0.05) is 35.7 Å². The Bertz CT molecular complexity index is 1310. The van der Waals surface area contributed by atoms with E-state index in [1.165, 1.54) is 0 Å². The van der Waals surface area contributed by atoms with E-state index in [2.05, 4.69) is 33.6 Å². The number of carboxylic acid groups (broad SMARTS) is 1. The van der Waals surface area contributed by atoms with E-state index >= 15 is 0 Å². The molecule has 40 heavy (non-hydrogen) atoms. The minimum absolute atomic E-state index is 0.0866. The fraction of sp³-hybridized carbons (Fsp3) is 0.379. The molecule has 1 heterocycles. The predicted molar refractivity (Wildman–Crippen MR) is 157 cm³/mol. The zero-order valence-corrected chi connectivity index (χ0v) is 23.5. The van der Waals surface area contributed by atoms with Gasteiger partial charge in [0.1, 0.15) is 18.1 Å². The number of carbonyl (C=O) groups is 4. The van der Waals surface area contributed by atoms with Crippen LogP contribution >= 0.6 is 12.6 Å². The highest BCUT2D eigenvalue weighted by atomic mass is 32.1. The molecule has 3 aromatic rings. The van der Waals surface area contributed by atoms with E-state index in [0.29, 0.717) is 6.42 Å². The van der Waals surface area contributed by atoms with Gasteiger partial charge in [-0.2, -0.15) is 12.6 Å². The second kappa shape index (κ2) is 14.5. The van der Waals surface area contributed by atoms with Crippen molar-refractivity contribution in [3.05, 3.63) is 71.9 Å². The van der Waals surface area contributed by atoms with Gasteiger partial charge in [-0.15, -0.1) is 0 Å². The quantitative estimate of drug-likeness (QED) is 0.147. The Balaban J connectivity index is 1.91. The molecule has 0 radical (unpaired) electrons. The van der Waals surface area contributed by atoms with Crippen LogP contribution in [-0.2, 0) is 32.0 Å². The fourth-order valence-corrected chi connectivity index (χ4v) is 4.53. The van der Waals surface area contributed by atoms with Gasteiger partial charge in [0.25, 0.3) is 0 Å². The number of H-pyrrole nitrogens is 1. The van der Waals surface area contributed by atoms with E-state index < -0.39 is 47.9 Å². The molecule has 5 atom stereocenters. The number of aliphatic carboxylic acids is 1. The van der Waals surface area contributed by atoms with Crippen LogP contribution in [0, 0.1) is 5.92 Å². The largest absolute Gasteiger partial charge is 0.480 e. The summed E-state index contributed by atoms with van der Waals surface area (Å²) >= 11 is 4.07. The van der Waals surface area contributed by atoms with Gasteiger partial charge in [-0.1, -0.05) is 68.8 Å². The van der Waals surface area contributed by atoms with Crippen LogP contribution in [0.4, 0.5) is 0 Å². The highest BCUT2D eigenvalue weighted by Gasteiger charge is 2.32. The van der Waals surface area contributed by atoms with E-state index in [-0.39, 0.29) is 24.5 Å². The van der Waals surface area contributed by atoms with Crippen molar-refractivity contribution >= 4 is 47.2 Å². The molecule has 0 saturated carbocycles. The number of amides is 3. The third-order valence-electron chi connectivity index (χ3n) is 6.96. The molecule has 3 rings (SSSR count). The molecule has 0 spiro atoms. The molecular formula is C29H37N5O5S. The van der Waals surface area contributed by atoms with Crippen molar-refractivity contribution in [1.29, 1.82) is 0 Å². The standard InChI is InChI=1S/C29H37N5O5S/c1-3-17(2)25(29(38)39)34-28(37)24(14-19-15-31-22-12-8-7-11-20(19)22)33-27(36)23(32-26(35)21(30)16-40)13-18-9-5-4-6-10-18/h4-12,15,17,21,23-25,31,40H,3,13-14,16,30H2,1-2H3,(H,32,35)(H,33,36)(H,34,37)(H,38,39). The van der Waals surface area contributed by atoms with Crippen molar-refractivity contribution in [1.82, 2.24) is 20.9 Å². The van der Waals surface area contributed by atoms with Crippen molar-refractivity contribution < 1.29 is 24.3 Å². The number of fused-ring (bicyclic) bond motifs is 1. The van der Waals surface area contributed by atoms with E-state index in [1.807, 2.05) is 61.5 Å². The fourth-order valence-electron chi connectivity index (χ4n) is 4.36. The lowest BCUT2D eigenvalue weighted by molar-refractivity contribution is -0.143. The summed E-state index contributed by atoms with van der Waals surface area (Å²) in [6, 6.07) is 12.5.